The summed E-state index contributed by atoms with van der Waals surface area (Å²) in [6.07, 6.45) is 2.20. The van der Waals surface area contributed by atoms with Crippen LogP contribution in [-0.4, -0.2) is 9.73 Å². The van der Waals surface area contributed by atoms with E-state index in [1.807, 2.05) is 30.8 Å². The first-order valence-electron chi connectivity index (χ1n) is 9.21. The molecule has 0 radical (unpaired) electrons. The summed E-state index contributed by atoms with van der Waals surface area (Å²) in [6.45, 7) is 10.9. The minimum absolute atomic E-state index is 0.177. The van der Waals surface area contributed by atoms with Crippen LogP contribution in [0.3, 0.4) is 0 Å². The molecule has 136 valence electrons. The van der Waals surface area contributed by atoms with Crippen molar-refractivity contribution in [2.24, 2.45) is 0 Å². The number of rotatable bonds is 5. The maximum atomic E-state index is 6.25. The van der Waals surface area contributed by atoms with Gasteiger partial charge in [-0.1, -0.05) is 46.2 Å². The van der Waals surface area contributed by atoms with Gasteiger partial charge in [0.05, 0.1) is 5.52 Å². The minimum atomic E-state index is 0.177. The number of hydrogen-bond donors (Lipinski definition) is 0. The Morgan fingerprint density at radius 3 is 2.58 bits per heavy atom. The summed E-state index contributed by atoms with van der Waals surface area (Å²) in [4.78, 5) is 5.96. The summed E-state index contributed by atoms with van der Waals surface area (Å²) >= 11 is 1.86. The summed E-state index contributed by atoms with van der Waals surface area (Å²) in [6, 6.07) is 16.8. The fraction of sp³-hybridized carbons (Fsp3) is 0.348. The van der Waals surface area contributed by atoms with Crippen LogP contribution in [0.15, 0.2) is 53.4 Å². The van der Waals surface area contributed by atoms with Gasteiger partial charge in [-0.15, -0.1) is 11.8 Å². The molecule has 0 saturated heterocycles. The molecule has 0 aliphatic heterocycles. The normalized spacial score (nSPS) is 11.7. The van der Waals surface area contributed by atoms with Crippen molar-refractivity contribution in [2.45, 2.75) is 57.1 Å². The van der Waals surface area contributed by atoms with Crippen LogP contribution in [0.2, 0.25) is 0 Å². The van der Waals surface area contributed by atoms with Gasteiger partial charge in [0.2, 0.25) is 0 Å². The van der Waals surface area contributed by atoms with Gasteiger partial charge < -0.3 is 4.74 Å². The Morgan fingerprint density at radius 1 is 1.04 bits per heavy atom. The van der Waals surface area contributed by atoms with E-state index in [0.717, 1.165) is 40.9 Å². The predicted octanol–water partition coefficient (Wildman–Crippen LogP) is 7.18. The first-order valence-corrected chi connectivity index (χ1v) is 10.0. The van der Waals surface area contributed by atoms with Gasteiger partial charge in [0.25, 0.3) is 0 Å². The van der Waals surface area contributed by atoms with Gasteiger partial charge in [-0.25, -0.2) is 0 Å². The quantitative estimate of drug-likeness (QED) is 0.447. The molecule has 1 aromatic heterocycles. The van der Waals surface area contributed by atoms with Crippen LogP contribution >= 0.6 is 11.8 Å². The summed E-state index contributed by atoms with van der Waals surface area (Å²) in [5.74, 6) is 1.75. The average Bonchev–Trinajstić information content (AvgIpc) is 2.53. The third-order valence-electron chi connectivity index (χ3n) is 3.96. The first kappa shape index (κ1) is 18.8. The summed E-state index contributed by atoms with van der Waals surface area (Å²) < 4.78 is 6.43. The van der Waals surface area contributed by atoms with E-state index in [2.05, 4.69) is 64.1 Å². The Morgan fingerprint density at radius 2 is 1.85 bits per heavy atom. The van der Waals surface area contributed by atoms with Crippen molar-refractivity contribution in [3.8, 4) is 11.5 Å². The fourth-order valence-electron chi connectivity index (χ4n) is 2.98. The molecule has 0 aliphatic carbocycles. The molecular weight excluding hydrogens is 338 g/mol. The zero-order valence-electron chi connectivity index (χ0n) is 16.3. The van der Waals surface area contributed by atoms with E-state index in [4.69, 9.17) is 9.72 Å². The van der Waals surface area contributed by atoms with E-state index >= 15 is 0 Å². The third kappa shape index (κ3) is 4.79. The van der Waals surface area contributed by atoms with E-state index in [9.17, 15) is 0 Å². The average molecular weight is 366 g/mol. The molecule has 0 aliphatic rings. The predicted molar refractivity (Wildman–Crippen MR) is 113 cm³/mol. The molecule has 2 aromatic carbocycles. The molecule has 0 fully saturated rings. The topological polar surface area (TPSA) is 22.1 Å². The van der Waals surface area contributed by atoms with Crippen molar-refractivity contribution >= 4 is 22.7 Å². The molecule has 3 rings (SSSR count). The number of pyridine rings is 1. The van der Waals surface area contributed by atoms with Gasteiger partial charge >= 0.3 is 0 Å². The van der Waals surface area contributed by atoms with E-state index in [1.165, 1.54) is 10.5 Å². The SMILES string of the molecule is CCCc1cccc(Oc2cc(C)nc3cc(SC(C)(C)C)ccc23)c1. The Hall–Kier alpha value is -2.00. The molecule has 1 heterocycles. The maximum absolute atomic E-state index is 6.25. The molecule has 0 atom stereocenters. The largest absolute Gasteiger partial charge is 0.457 e. The van der Waals surface area contributed by atoms with Crippen molar-refractivity contribution in [2.75, 3.05) is 0 Å². The van der Waals surface area contributed by atoms with E-state index in [0.29, 0.717) is 0 Å². The summed E-state index contributed by atoms with van der Waals surface area (Å²) in [7, 11) is 0. The van der Waals surface area contributed by atoms with Gasteiger partial charge in [-0.2, -0.15) is 0 Å². The highest BCUT2D eigenvalue weighted by Gasteiger charge is 2.14. The Balaban J connectivity index is 1.96. The molecule has 26 heavy (non-hydrogen) atoms. The Kier molecular flexibility index (Phi) is 5.57. The number of aromatic nitrogens is 1. The molecule has 0 unspecified atom stereocenters. The number of ether oxygens (including phenoxy) is 1. The number of thioether (sulfide) groups is 1. The van der Waals surface area contributed by atoms with Crippen LogP contribution in [0, 0.1) is 6.92 Å². The van der Waals surface area contributed by atoms with Crippen LogP contribution in [-0.2, 0) is 6.42 Å². The number of benzene rings is 2. The van der Waals surface area contributed by atoms with E-state index in [1.54, 1.807) is 0 Å². The fourth-order valence-corrected chi connectivity index (χ4v) is 4.00. The molecule has 0 N–H and O–H groups in total. The van der Waals surface area contributed by atoms with Crippen LogP contribution in [0.1, 0.15) is 45.4 Å². The van der Waals surface area contributed by atoms with Crippen molar-refractivity contribution in [1.29, 1.82) is 0 Å². The van der Waals surface area contributed by atoms with Crippen molar-refractivity contribution in [3.05, 3.63) is 59.8 Å². The van der Waals surface area contributed by atoms with Crippen molar-refractivity contribution < 1.29 is 4.74 Å². The molecule has 0 amide bonds. The molecule has 2 nitrogen and oxygen atoms in total. The van der Waals surface area contributed by atoms with Gasteiger partial charge in [-0.3, -0.25) is 4.98 Å². The Bertz CT molecular complexity index is 912. The second kappa shape index (κ2) is 7.71. The second-order valence-corrected chi connectivity index (χ2v) is 9.55. The standard InChI is InChI=1S/C23H27NOS/c1-6-8-17-9-7-10-18(14-17)25-22-13-16(2)24-21-15-19(11-12-20(21)22)26-23(3,4)5/h7,9-15H,6,8H2,1-5H3. The molecule has 0 spiro atoms. The summed E-state index contributed by atoms with van der Waals surface area (Å²) in [5, 5.41) is 1.05. The molecule has 3 aromatic rings. The van der Waals surface area contributed by atoms with Gasteiger partial charge in [-0.05, 0) is 49.2 Å². The maximum Gasteiger partial charge on any atom is 0.138 e. The highest BCUT2D eigenvalue weighted by molar-refractivity contribution is 8.00. The lowest BCUT2D eigenvalue weighted by molar-refractivity contribution is 0.486. The van der Waals surface area contributed by atoms with E-state index < -0.39 is 0 Å². The van der Waals surface area contributed by atoms with Crippen LogP contribution in [0.5, 0.6) is 11.5 Å². The lowest BCUT2D eigenvalue weighted by Gasteiger charge is -2.18. The van der Waals surface area contributed by atoms with Crippen molar-refractivity contribution in [1.82, 2.24) is 4.98 Å². The monoisotopic (exact) mass is 365 g/mol. The molecule has 3 heteroatoms. The third-order valence-corrected chi connectivity index (χ3v) is 5.06. The highest BCUT2D eigenvalue weighted by atomic mass is 32.2. The first-order chi connectivity index (χ1) is 12.3. The van der Waals surface area contributed by atoms with Gasteiger partial charge in [0.15, 0.2) is 0 Å². The summed E-state index contributed by atoms with van der Waals surface area (Å²) in [5.41, 5.74) is 3.26. The van der Waals surface area contributed by atoms with Crippen LogP contribution in [0.25, 0.3) is 10.9 Å². The number of nitrogens with zero attached hydrogens (tertiary/aromatic N) is 1. The minimum Gasteiger partial charge on any atom is -0.457 e. The molecule has 0 saturated carbocycles. The lowest BCUT2D eigenvalue weighted by Crippen LogP contribution is -2.06. The van der Waals surface area contributed by atoms with Gasteiger partial charge in [0.1, 0.15) is 11.5 Å². The molecule has 0 bridgehead atoms. The van der Waals surface area contributed by atoms with Crippen LogP contribution < -0.4 is 4.74 Å². The number of hydrogen-bond acceptors (Lipinski definition) is 3. The lowest BCUT2D eigenvalue weighted by atomic mass is 10.1. The smallest absolute Gasteiger partial charge is 0.138 e. The van der Waals surface area contributed by atoms with Gasteiger partial charge in [0, 0.05) is 26.8 Å². The highest BCUT2D eigenvalue weighted by Crippen LogP contribution is 2.36. The number of aryl methyl sites for hydroxylation is 2. The number of fused-ring (bicyclic) bond motifs is 1. The molecular formula is C23H27NOS. The zero-order valence-corrected chi connectivity index (χ0v) is 17.1. The van der Waals surface area contributed by atoms with Crippen molar-refractivity contribution in [3.63, 3.8) is 0 Å². The zero-order chi connectivity index (χ0) is 18.7. The second-order valence-electron chi connectivity index (χ2n) is 7.65. The Labute approximate surface area is 161 Å². The van der Waals surface area contributed by atoms with Crippen LogP contribution in [0.4, 0.5) is 0 Å². The van der Waals surface area contributed by atoms with E-state index in [-0.39, 0.29) is 4.75 Å².